The fourth-order valence-electron chi connectivity index (χ4n) is 2.43. The van der Waals surface area contributed by atoms with Crippen LogP contribution in [0.25, 0.3) is 0 Å². The normalized spacial score (nSPS) is 17.9. The Labute approximate surface area is 130 Å². The Morgan fingerprint density at radius 3 is 2.85 bits per heavy atom. The maximum atomic E-state index is 13.0. The zero-order valence-electron chi connectivity index (χ0n) is 11.1. The summed E-state index contributed by atoms with van der Waals surface area (Å²) in [6, 6.07) is 1.24. The first-order valence-electron chi connectivity index (χ1n) is 6.30. The summed E-state index contributed by atoms with van der Waals surface area (Å²) >= 11 is 0. The molecule has 20 heavy (non-hydrogen) atoms. The highest BCUT2D eigenvalue weighted by Crippen LogP contribution is 2.20. The highest BCUT2D eigenvalue weighted by molar-refractivity contribution is 5.94. The molecule has 0 radical (unpaired) electrons. The van der Waals surface area contributed by atoms with Crippen molar-refractivity contribution in [3.8, 4) is 0 Å². The Hall–Kier alpha value is -0.910. The fourth-order valence-corrected chi connectivity index (χ4v) is 2.43. The minimum atomic E-state index is -0.476. The van der Waals surface area contributed by atoms with E-state index in [0.29, 0.717) is 24.6 Å². The molecule has 0 saturated carbocycles. The maximum absolute atomic E-state index is 13.0. The van der Waals surface area contributed by atoms with Crippen LogP contribution in [-0.4, -0.2) is 35.4 Å². The zero-order valence-corrected chi connectivity index (χ0v) is 12.8. The average molecular weight is 324 g/mol. The average Bonchev–Trinajstić information content (AvgIpc) is 2.39. The van der Waals surface area contributed by atoms with Gasteiger partial charge < -0.3 is 10.6 Å². The molecule has 1 aromatic rings. The summed E-state index contributed by atoms with van der Waals surface area (Å²) in [5.41, 5.74) is 5.87. The van der Waals surface area contributed by atoms with Gasteiger partial charge in [0.15, 0.2) is 0 Å². The third-order valence-electron chi connectivity index (χ3n) is 3.33. The molecule has 1 aromatic heterocycles. The SMILES string of the molecule is Cl.Cl.NCCC1CCCN(C(=O)c2cncc(F)c2)C1. The van der Waals surface area contributed by atoms with Crippen LogP contribution in [0.2, 0.25) is 0 Å². The number of aromatic nitrogens is 1. The minimum absolute atomic E-state index is 0. The third kappa shape index (κ3) is 4.89. The van der Waals surface area contributed by atoms with Crippen molar-refractivity contribution < 1.29 is 9.18 Å². The van der Waals surface area contributed by atoms with Crippen LogP contribution in [-0.2, 0) is 0 Å². The number of likely N-dealkylation sites (tertiary alicyclic amines) is 1. The van der Waals surface area contributed by atoms with E-state index in [2.05, 4.69) is 4.98 Å². The number of halogens is 3. The minimum Gasteiger partial charge on any atom is -0.338 e. The van der Waals surface area contributed by atoms with Gasteiger partial charge in [-0.3, -0.25) is 9.78 Å². The van der Waals surface area contributed by atoms with Crippen molar-refractivity contribution in [1.29, 1.82) is 0 Å². The molecular formula is C13H20Cl2FN3O. The molecule has 0 bridgehead atoms. The number of carbonyl (C=O) groups is 1. The van der Waals surface area contributed by atoms with Crippen molar-refractivity contribution in [2.75, 3.05) is 19.6 Å². The molecule has 2 heterocycles. The number of rotatable bonds is 3. The quantitative estimate of drug-likeness (QED) is 0.928. The molecule has 1 unspecified atom stereocenters. The van der Waals surface area contributed by atoms with Crippen molar-refractivity contribution in [2.45, 2.75) is 19.3 Å². The molecule has 4 nitrogen and oxygen atoms in total. The lowest BCUT2D eigenvalue weighted by molar-refractivity contribution is 0.0668. The summed E-state index contributed by atoms with van der Waals surface area (Å²) in [5, 5.41) is 0. The molecule has 2 rings (SSSR count). The third-order valence-corrected chi connectivity index (χ3v) is 3.33. The Balaban J connectivity index is 0.00000180. The Morgan fingerprint density at radius 1 is 1.45 bits per heavy atom. The van der Waals surface area contributed by atoms with Gasteiger partial charge in [0.05, 0.1) is 11.8 Å². The predicted molar refractivity (Wildman–Crippen MR) is 81.0 cm³/mol. The number of piperidine rings is 1. The number of amides is 1. The maximum Gasteiger partial charge on any atom is 0.255 e. The van der Waals surface area contributed by atoms with Gasteiger partial charge >= 0.3 is 0 Å². The van der Waals surface area contributed by atoms with Gasteiger partial charge in [0.25, 0.3) is 5.91 Å². The number of hydrogen-bond acceptors (Lipinski definition) is 3. The van der Waals surface area contributed by atoms with Gasteiger partial charge in [0.1, 0.15) is 5.82 Å². The first-order valence-corrected chi connectivity index (χ1v) is 6.30. The van der Waals surface area contributed by atoms with E-state index >= 15 is 0 Å². The molecule has 1 saturated heterocycles. The monoisotopic (exact) mass is 323 g/mol. The van der Waals surface area contributed by atoms with Crippen LogP contribution in [0.4, 0.5) is 4.39 Å². The van der Waals surface area contributed by atoms with Crippen molar-refractivity contribution in [3.05, 3.63) is 29.8 Å². The van der Waals surface area contributed by atoms with E-state index in [4.69, 9.17) is 5.73 Å². The van der Waals surface area contributed by atoms with E-state index in [1.165, 1.54) is 12.3 Å². The van der Waals surface area contributed by atoms with Gasteiger partial charge in [-0.25, -0.2) is 4.39 Å². The second-order valence-corrected chi connectivity index (χ2v) is 4.73. The number of pyridine rings is 1. The van der Waals surface area contributed by atoms with E-state index in [0.717, 1.165) is 32.0 Å². The molecule has 114 valence electrons. The van der Waals surface area contributed by atoms with Gasteiger partial charge in [-0.05, 0) is 37.8 Å². The molecule has 1 amide bonds. The first kappa shape index (κ1) is 19.1. The second-order valence-electron chi connectivity index (χ2n) is 4.73. The Morgan fingerprint density at radius 2 is 2.20 bits per heavy atom. The highest BCUT2D eigenvalue weighted by atomic mass is 35.5. The molecule has 7 heteroatoms. The van der Waals surface area contributed by atoms with E-state index in [1.807, 2.05) is 0 Å². The van der Waals surface area contributed by atoms with Crippen LogP contribution in [0, 0.1) is 11.7 Å². The molecule has 1 atom stereocenters. The summed E-state index contributed by atoms with van der Waals surface area (Å²) in [6.07, 6.45) is 5.55. The lowest BCUT2D eigenvalue weighted by Gasteiger charge is -2.32. The summed E-state index contributed by atoms with van der Waals surface area (Å²) in [6.45, 7) is 2.09. The van der Waals surface area contributed by atoms with E-state index in [1.54, 1.807) is 4.90 Å². The second kappa shape index (κ2) is 9.10. The smallest absolute Gasteiger partial charge is 0.255 e. The van der Waals surface area contributed by atoms with Crippen LogP contribution >= 0.6 is 24.8 Å². The first-order chi connectivity index (χ1) is 8.70. The van der Waals surface area contributed by atoms with E-state index < -0.39 is 5.82 Å². The van der Waals surface area contributed by atoms with Gasteiger partial charge in [0, 0.05) is 19.3 Å². The van der Waals surface area contributed by atoms with Crippen molar-refractivity contribution >= 4 is 30.7 Å². The van der Waals surface area contributed by atoms with Crippen molar-refractivity contribution in [2.24, 2.45) is 11.7 Å². The number of nitrogens with two attached hydrogens (primary N) is 1. The van der Waals surface area contributed by atoms with Gasteiger partial charge in [0.2, 0.25) is 0 Å². The van der Waals surface area contributed by atoms with Gasteiger partial charge in [-0.1, -0.05) is 0 Å². The van der Waals surface area contributed by atoms with Crippen LogP contribution < -0.4 is 5.73 Å². The number of carbonyl (C=O) groups excluding carboxylic acids is 1. The molecule has 1 aliphatic rings. The molecule has 0 aliphatic carbocycles. The predicted octanol–water partition coefficient (Wildman–Crippen LogP) is 2.27. The molecule has 1 fully saturated rings. The van der Waals surface area contributed by atoms with Crippen LogP contribution in [0.1, 0.15) is 29.6 Å². The van der Waals surface area contributed by atoms with Crippen molar-refractivity contribution in [1.82, 2.24) is 9.88 Å². The summed E-state index contributed by atoms with van der Waals surface area (Å²) in [5.74, 6) is -0.144. The standard InChI is InChI=1S/C13H18FN3O.2ClH/c14-12-6-11(7-16-8-12)13(18)17-5-1-2-10(9-17)3-4-15;;/h6-8,10H,1-5,9,15H2;2*1H. The summed E-state index contributed by atoms with van der Waals surface area (Å²) in [4.78, 5) is 17.7. The Kier molecular flexibility index (Phi) is 8.69. The van der Waals surface area contributed by atoms with Gasteiger partial charge in [-0.2, -0.15) is 0 Å². The highest BCUT2D eigenvalue weighted by Gasteiger charge is 2.24. The van der Waals surface area contributed by atoms with Gasteiger partial charge in [-0.15, -0.1) is 24.8 Å². The molecule has 1 aliphatic heterocycles. The van der Waals surface area contributed by atoms with Crippen LogP contribution in [0.5, 0.6) is 0 Å². The lowest BCUT2D eigenvalue weighted by atomic mass is 9.94. The fraction of sp³-hybridized carbons (Fsp3) is 0.538. The summed E-state index contributed by atoms with van der Waals surface area (Å²) < 4.78 is 13.0. The largest absolute Gasteiger partial charge is 0.338 e. The lowest BCUT2D eigenvalue weighted by Crippen LogP contribution is -2.40. The van der Waals surface area contributed by atoms with Crippen LogP contribution in [0.15, 0.2) is 18.5 Å². The molecule has 2 N–H and O–H groups in total. The number of hydrogen-bond donors (Lipinski definition) is 1. The van der Waals surface area contributed by atoms with E-state index in [-0.39, 0.29) is 30.7 Å². The summed E-state index contributed by atoms with van der Waals surface area (Å²) in [7, 11) is 0. The van der Waals surface area contributed by atoms with E-state index in [9.17, 15) is 9.18 Å². The van der Waals surface area contributed by atoms with Crippen LogP contribution in [0.3, 0.4) is 0 Å². The Bertz CT molecular complexity index is 432. The number of nitrogens with zero attached hydrogens (tertiary/aromatic N) is 2. The molecule has 0 aromatic carbocycles. The molecule has 0 spiro atoms. The molecular weight excluding hydrogens is 304 g/mol. The zero-order chi connectivity index (χ0) is 13.0. The topological polar surface area (TPSA) is 59.2 Å². The van der Waals surface area contributed by atoms with Crippen molar-refractivity contribution in [3.63, 3.8) is 0 Å².